The van der Waals surface area contributed by atoms with Gasteiger partial charge in [0.15, 0.2) is 17.3 Å². The lowest BCUT2D eigenvalue weighted by Crippen LogP contribution is -2.30. The maximum atomic E-state index is 13.0. The second kappa shape index (κ2) is 5.13. The van der Waals surface area contributed by atoms with Crippen LogP contribution in [-0.2, 0) is 0 Å². The molecule has 1 aliphatic rings. The summed E-state index contributed by atoms with van der Waals surface area (Å²) in [6, 6.07) is 14.1. The number of amides is 1. The van der Waals surface area contributed by atoms with E-state index in [4.69, 9.17) is 9.15 Å². The number of anilines is 2. The van der Waals surface area contributed by atoms with Gasteiger partial charge in [0.1, 0.15) is 0 Å². The van der Waals surface area contributed by atoms with Crippen LogP contribution in [0.1, 0.15) is 10.6 Å². The number of hydrogen-bond donors (Lipinski definition) is 0. The van der Waals surface area contributed by atoms with E-state index in [0.717, 1.165) is 0 Å². The lowest BCUT2D eigenvalue weighted by Gasteiger charge is -2.27. The molecule has 5 rings (SSSR count). The molecule has 0 bridgehead atoms. The molecule has 0 spiro atoms. The number of carbonyl (C=O) groups excluding carboxylic acids is 1. The normalized spacial score (nSPS) is 12.4. The van der Waals surface area contributed by atoms with Gasteiger partial charge in [-0.2, -0.15) is 0 Å². The van der Waals surface area contributed by atoms with E-state index < -0.39 is 0 Å². The number of hydrogen-bond acceptors (Lipinski definition) is 6. The van der Waals surface area contributed by atoms with Gasteiger partial charge >= 0.3 is 5.91 Å². The fraction of sp³-hybridized carbons (Fsp3) is 0. The topological polar surface area (TPSA) is 81.4 Å². The average Bonchev–Trinajstić information content (AvgIpc) is 3.19. The first kappa shape index (κ1) is 13.7. The summed E-state index contributed by atoms with van der Waals surface area (Å²) in [5.74, 6) is 1.10. The molecule has 1 amide bonds. The Morgan fingerprint density at radius 2 is 1.76 bits per heavy atom. The SMILES string of the molecule is O=C(c1ccco1)N1c2ncccc2Oc2nc3ccccc3nc21. The first-order chi connectivity index (χ1) is 12.3. The molecule has 120 valence electrons. The summed E-state index contributed by atoms with van der Waals surface area (Å²) >= 11 is 0. The second-order valence-electron chi connectivity index (χ2n) is 5.39. The van der Waals surface area contributed by atoms with Gasteiger partial charge in [-0.05, 0) is 36.4 Å². The highest BCUT2D eigenvalue weighted by atomic mass is 16.5. The molecule has 25 heavy (non-hydrogen) atoms. The molecule has 1 aliphatic heterocycles. The zero-order chi connectivity index (χ0) is 16.8. The highest BCUT2D eigenvalue weighted by Gasteiger charge is 2.34. The number of aromatic nitrogens is 3. The Balaban J connectivity index is 1.77. The second-order valence-corrected chi connectivity index (χ2v) is 5.39. The minimum Gasteiger partial charge on any atom is -0.459 e. The maximum Gasteiger partial charge on any atom is 0.301 e. The highest BCUT2D eigenvalue weighted by Crippen LogP contribution is 2.44. The summed E-state index contributed by atoms with van der Waals surface area (Å²) in [5, 5.41) is 0. The van der Waals surface area contributed by atoms with Gasteiger partial charge in [0.25, 0.3) is 5.88 Å². The smallest absolute Gasteiger partial charge is 0.301 e. The number of ether oxygens (including phenoxy) is 1. The lowest BCUT2D eigenvalue weighted by atomic mass is 10.2. The first-order valence-corrected chi connectivity index (χ1v) is 7.59. The molecule has 0 unspecified atom stereocenters. The van der Waals surface area contributed by atoms with E-state index >= 15 is 0 Å². The third-order valence-corrected chi connectivity index (χ3v) is 3.84. The number of furan rings is 1. The van der Waals surface area contributed by atoms with Gasteiger partial charge in [0.2, 0.25) is 5.82 Å². The Morgan fingerprint density at radius 1 is 0.920 bits per heavy atom. The van der Waals surface area contributed by atoms with Crippen LogP contribution in [0.25, 0.3) is 11.0 Å². The predicted molar refractivity (Wildman–Crippen MR) is 89.0 cm³/mol. The minimum atomic E-state index is -0.390. The van der Waals surface area contributed by atoms with Crippen molar-refractivity contribution in [1.29, 1.82) is 0 Å². The van der Waals surface area contributed by atoms with E-state index in [0.29, 0.717) is 22.6 Å². The molecule has 0 N–H and O–H groups in total. The number of pyridine rings is 1. The fourth-order valence-electron chi connectivity index (χ4n) is 2.73. The zero-order valence-electron chi connectivity index (χ0n) is 12.8. The standard InChI is InChI=1S/C18H10N4O3/c23-18(14-8-4-10-24-14)22-15-13(7-3-9-19-15)25-17-16(22)20-11-5-1-2-6-12(11)21-17/h1-10H. The molecule has 7 nitrogen and oxygen atoms in total. The van der Waals surface area contributed by atoms with Crippen LogP contribution in [0.2, 0.25) is 0 Å². The highest BCUT2D eigenvalue weighted by molar-refractivity contribution is 6.10. The zero-order valence-corrected chi connectivity index (χ0v) is 12.8. The minimum absolute atomic E-state index is 0.180. The molecule has 1 aromatic carbocycles. The quantitative estimate of drug-likeness (QED) is 0.529. The lowest BCUT2D eigenvalue weighted by molar-refractivity contribution is 0.0969. The van der Waals surface area contributed by atoms with E-state index in [-0.39, 0.29) is 23.4 Å². The van der Waals surface area contributed by atoms with Crippen molar-refractivity contribution in [2.75, 3.05) is 4.90 Å². The van der Waals surface area contributed by atoms with Gasteiger partial charge in [-0.25, -0.2) is 19.9 Å². The summed E-state index contributed by atoms with van der Waals surface area (Å²) in [6.45, 7) is 0. The monoisotopic (exact) mass is 330 g/mol. The van der Waals surface area contributed by atoms with Crippen LogP contribution in [0.5, 0.6) is 11.6 Å². The Labute approximate surface area is 141 Å². The van der Waals surface area contributed by atoms with Crippen molar-refractivity contribution in [1.82, 2.24) is 15.0 Å². The molecule has 0 atom stereocenters. The van der Waals surface area contributed by atoms with Gasteiger partial charge in [-0.1, -0.05) is 12.1 Å². The Kier molecular flexibility index (Phi) is 2.81. The van der Waals surface area contributed by atoms with E-state index in [1.807, 2.05) is 24.3 Å². The van der Waals surface area contributed by atoms with Crippen molar-refractivity contribution in [3.8, 4) is 11.6 Å². The molecule has 0 radical (unpaired) electrons. The molecule has 0 saturated carbocycles. The fourth-order valence-corrected chi connectivity index (χ4v) is 2.73. The molecule has 4 aromatic rings. The largest absolute Gasteiger partial charge is 0.459 e. The maximum absolute atomic E-state index is 13.0. The first-order valence-electron chi connectivity index (χ1n) is 7.59. The van der Waals surface area contributed by atoms with E-state index in [2.05, 4.69) is 15.0 Å². The van der Waals surface area contributed by atoms with Crippen LogP contribution >= 0.6 is 0 Å². The summed E-state index contributed by atoms with van der Waals surface area (Å²) in [7, 11) is 0. The number of fused-ring (bicyclic) bond motifs is 3. The predicted octanol–water partition coefficient (Wildman–Crippen LogP) is 3.70. The van der Waals surface area contributed by atoms with Crippen molar-refractivity contribution >= 4 is 28.6 Å². The third kappa shape index (κ3) is 2.06. The molecule has 0 fully saturated rings. The van der Waals surface area contributed by atoms with Crippen LogP contribution < -0.4 is 9.64 Å². The van der Waals surface area contributed by atoms with Gasteiger partial charge in [0, 0.05) is 6.20 Å². The summed E-state index contributed by atoms with van der Waals surface area (Å²) in [6.07, 6.45) is 3.03. The third-order valence-electron chi connectivity index (χ3n) is 3.84. The number of rotatable bonds is 1. The van der Waals surface area contributed by atoms with Crippen LogP contribution in [-0.4, -0.2) is 20.9 Å². The van der Waals surface area contributed by atoms with Gasteiger partial charge < -0.3 is 9.15 Å². The van der Waals surface area contributed by atoms with Gasteiger partial charge in [0.05, 0.1) is 17.3 Å². The molecule has 0 saturated heterocycles. The van der Waals surface area contributed by atoms with Crippen LogP contribution in [0, 0.1) is 0 Å². The van der Waals surface area contributed by atoms with Crippen LogP contribution in [0.4, 0.5) is 11.6 Å². The molecule has 7 heteroatoms. The van der Waals surface area contributed by atoms with E-state index in [9.17, 15) is 4.79 Å². The van der Waals surface area contributed by atoms with Gasteiger partial charge in [-0.15, -0.1) is 0 Å². The summed E-state index contributed by atoms with van der Waals surface area (Å²) in [4.78, 5) is 27.7. The van der Waals surface area contributed by atoms with Crippen LogP contribution in [0.3, 0.4) is 0 Å². The molecular weight excluding hydrogens is 320 g/mol. The van der Waals surface area contributed by atoms with Crippen molar-refractivity contribution < 1.29 is 13.9 Å². The summed E-state index contributed by atoms with van der Waals surface area (Å²) in [5.41, 5.74) is 1.33. The van der Waals surface area contributed by atoms with E-state index in [1.165, 1.54) is 11.2 Å². The van der Waals surface area contributed by atoms with Crippen molar-refractivity contribution in [3.05, 3.63) is 66.8 Å². The van der Waals surface area contributed by atoms with Crippen molar-refractivity contribution in [2.45, 2.75) is 0 Å². The average molecular weight is 330 g/mol. The number of nitrogens with zero attached hydrogens (tertiary/aromatic N) is 4. The number of carbonyl (C=O) groups is 1. The molecule has 0 aliphatic carbocycles. The van der Waals surface area contributed by atoms with Crippen LogP contribution in [0.15, 0.2) is 65.4 Å². The molecule has 3 aromatic heterocycles. The number of para-hydroxylation sites is 2. The van der Waals surface area contributed by atoms with E-state index in [1.54, 1.807) is 30.5 Å². The van der Waals surface area contributed by atoms with Crippen molar-refractivity contribution in [3.63, 3.8) is 0 Å². The summed E-state index contributed by atoms with van der Waals surface area (Å²) < 4.78 is 11.1. The Hall–Kier alpha value is -3.74. The van der Waals surface area contributed by atoms with Gasteiger partial charge in [-0.3, -0.25) is 4.79 Å². The number of benzene rings is 1. The molecule has 4 heterocycles. The Bertz CT molecular complexity index is 1110. The molecular formula is C18H10N4O3. The Morgan fingerprint density at radius 3 is 2.56 bits per heavy atom. The van der Waals surface area contributed by atoms with Crippen molar-refractivity contribution in [2.24, 2.45) is 0 Å².